The zero-order valence-electron chi connectivity index (χ0n) is 14.8. The smallest absolute Gasteiger partial charge is 0.242 e. The van der Waals surface area contributed by atoms with Crippen molar-refractivity contribution in [2.75, 3.05) is 20.1 Å². The van der Waals surface area contributed by atoms with Gasteiger partial charge in [-0.1, -0.05) is 37.5 Å². The monoisotopic (exact) mass is 352 g/mol. The fraction of sp³-hybridized carbons (Fsp3) is 0.611. The molecule has 2 rings (SSSR count). The first-order chi connectivity index (χ1) is 11.3. The number of hydrogen-bond acceptors (Lipinski definition) is 3. The molecule has 1 fully saturated rings. The number of carbonyl (C=O) groups is 1. The summed E-state index contributed by atoms with van der Waals surface area (Å²) >= 11 is 0. The third-order valence-electron chi connectivity index (χ3n) is 4.98. The molecule has 134 valence electrons. The molecule has 0 radical (unpaired) electrons. The Morgan fingerprint density at radius 2 is 1.83 bits per heavy atom. The van der Waals surface area contributed by atoms with Gasteiger partial charge in [0, 0.05) is 26.1 Å². The maximum absolute atomic E-state index is 12.5. The van der Waals surface area contributed by atoms with Gasteiger partial charge in [-0.15, -0.1) is 0 Å². The predicted molar refractivity (Wildman–Crippen MR) is 95.1 cm³/mol. The van der Waals surface area contributed by atoms with Crippen LogP contribution in [0.4, 0.5) is 0 Å². The average molecular weight is 353 g/mol. The van der Waals surface area contributed by atoms with E-state index in [4.69, 9.17) is 0 Å². The van der Waals surface area contributed by atoms with E-state index in [0.717, 1.165) is 18.4 Å². The average Bonchev–Trinajstić information content (AvgIpc) is 3.08. The second kappa shape index (κ2) is 8.12. The number of sulfonamides is 1. The van der Waals surface area contributed by atoms with Crippen LogP contribution in [-0.4, -0.2) is 38.8 Å². The molecule has 1 aromatic carbocycles. The number of amides is 1. The molecule has 0 aliphatic heterocycles. The Balaban J connectivity index is 1.84. The molecule has 5 nitrogen and oxygen atoms in total. The zero-order chi connectivity index (χ0) is 17.7. The van der Waals surface area contributed by atoms with Crippen LogP contribution in [0, 0.1) is 18.8 Å². The van der Waals surface area contributed by atoms with Crippen LogP contribution in [0.3, 0.4) is 0 Å². The highest BCUT2D eigenvalue weighted by atomic mass is 32.2. The van der Waals surface area contributed by atoms with Crippen LogP contribution in [0.5, 0.6) is 0 Å². The minimum atomic E-state index is -3.51. The largest absolute Gasteiger partial charge is 0.355 e. The fourth-order valence-corrected chi connectivity index (χ4v) is 4.35. The Bertz CT molecular complexity index is 649. The highest BCUT2D eigenvalue weighted by molar-refractivity contribution is 7.89. The van der Waals surface area contributed by atoms with Gasteiger partial charge in [0.05, 0.1) is 4.90 Å². The summed E-state index contributed by atoms with van der Waals surface area (Å²) in [5.74, 6) is 0.508. The van der Waals surface area contributed by atoms with Gasteiger partial charge in [-0.25, -0.2) is 8.42 Å². The first kappa shape index (κ1) is 18.9. The normalized spacial score (nSPS) is 17.2. The van der Waals surface area contributed by atoms with Crippen molar-refractivity contribution in [2.45, 2.75) is 44.4 Å². The van der Waals surface area contributed by atoms with Crippen molar-refractivity contribution in [3.05, 3.63) is 29.8 Å². The first-order valence-electron chi connectivity index (χ1n) is 8.63. The van der Waals surface area contributed by atoms with Crippen molar-refractivity contribution >= 4 is 15.9 Å². The van der Waals surface area contributed by atoms with Crippen LogP contribution in [0.25, 0.3) is 0 Å². The number of carbonyl (C=O) groups excluding carboxylic acids is 1. The fourth-order valence-electron chi connectivity index (χ4n) is 3.18. The quantitative estimate of drug-likeness (QED) is 0.820. The molecule has 0 heterocycles. The van der Waals surface area contributed by atoms with Crippen molar-refractivity contribution in [1.29, 1.82) is 0 Å². The molecule has 0 saturated heterocycles. The van der Waals surface area contributed by atoms with E-state index in [0.29, 0.717) is 12.5 Å². The summed E-state index contributed by atoms with van der Waals surface area (Å²) in [6, 6.07) is 6.79. The molecule has 1 aliphatic rings. The summed E-state index contributed by atoms with van der Waals surface area (Å²) in [6.07, 6.45) is 4.66. The van der Waals surface area contributed by atoms with Crippen LogP contribution in [0.2, 0.25) is 0 Å². The molecule has 1 atom stereocenters. The molecule has 1 N–H and O–H groups in total. The van der Waals surface area contributed by atoms with Crippen LogP contribution in [-0.2, 0) is 14.8 Å². The predicted octanol–water partition coefficient (Wildman–Crippen LogP) is 2.56. The van der Waals surface area contributed by atoms with Gasteiger partial charge in [-0.2, -0.15) is 4.31 Å². The van der Waals surface area contributed by atoms with Gasteiger partial charge >= 0.3 is 0 Å². The Kier molecular flexibility index (Phi) is 6.40. The van der Waals surface area contributed by atoms with Gasteiger partial charge in [0.15, 0.2) is 0 Å². The molecule has 24 heavy (non-hydrogen) atoms. The Labute approximate surface area is 145 Å². The molecule has 1 aromatic rings. The SMILES string of the molecule is Cc1ccc(S(=O)(=O)N(C)CCNC(=O)C(C)C2CCCC2)cc1. The number of aryl methyl sites for hydroxylation is 1. The van der Waals surface area contributed by atoms with E-state index in [1.165, 1.54) is 17.1 Å². The summed E-state index contributed by atoms with van der Waals surface area (Å²) in [5.41, 5.74) is 1.02. The Morgan fingerprint density at radius 3 is 2.42 bits per heavy atom. The maximum Gasteiger partial charge on any atom is 0.242 e. The number of hydrogen-bond donors (Lipinski definition) is 1. The number of likely N-dealkylation sites (N-methyl/N-ethyl adjacent to an activating group) is 1. The van der Waals surface area contributed by atoms with Crippen LogP contribution < -0.4 is 5.32 Å². The van der Waals surface area contributed by atoms with E-state index in [-0.39, 0.29) is 23.3 Å². The number of benzene rings is 1. The molecule has 0 spiro atoms. The molecule has 1 aliphatic carbocycles. The third-order valence-corrected chi connectivity index (χ3v) is 6.85. The molecule has 6 heteroatoms. The minimum absolute atomic E-state index is 0.00603. The van der Waals surface area contributed by atoms with Gasteiger partial charge in [0.25, 0.3) is 0 Å². The highest BCUT2D eigenvalue weighted by Crippen LogP contribution is 2.31. The van der Waals surface area contributed by atoms with E-state index in [9.17, 15) is 13.2 Å². The Morgan fingerprint density at radius 1 is 1.25 bits per heavy atom. The van der Waals surface area contributed by atoms with E-state index in [1.54, 1.807) is 31.3 Å². The summed E-state index contributed by atoms with van der Waals surface area (Å²) < 4.78 is 26.2. The Hall–Kier alpha value is -1.40. The van der Waals surface area contributed by atoms with E-state index in [1.807, 2.05) is 13.8 Å². The first-order valence-corrected chi connectivity index (χ1v) is 10.1. The van der Waals surface area contributed by atoms with Gasteiger partial charge in [-0.05, 0) is 37.8 Å². The van der Waals surface area contributed by atoms with E-state index in [2.05, 4.69) is 5.32 Å². The number of nitrogens with zero attached hydrogens (tertiary/aromatic N) is 1. The summed E-state index contributed by atoms with van der Waals surface area (Å²) in [6.45, 7) is 4.48. The van der Waals surface area contributed by atoms with E-state index >= 15 is 0 Å². The second-order valence-electron chi connectivity index (χ2n) is 6.76. The minimum Gasteiger partial charge on any atom is -0.355 e. The molecular weight excluding hydrogens is 324 g/mol. The molecular formula is C18H28N2O3S. The lowest BCUT2D eigenvalue weighted by Crippen LogP contribution is -2.39. The van der Waals surface area contributed by atoms with Crippen molar-refractivity contribution < 1.29 is 13.2 Å². The van der Waals surface area contributed by atoms with Gasteiger partial charge < -0.3 is 5.32 Å². The summed E-state index contributed by atoms with van der Waals surface area (Å²) in [7, 11) is -1.96. The molecule has 1 amide bonds. The topological polar surface area (TPSA) is 66.5 Å². The second-order valence-corrected chi connectivity index (χ2v) is 8.81. The van der Waals surface area contributed by atoms with Crippen molar-refractivity contribution in [3.8, 4) is 0 Å². The summed E-state index contributed by atoms with van der Waals surface area (Å²) in [4.78, 5) is 12.5. The molecule has 0 aromatic heterocycles. The van der Waals surface area contributed by atoms with Crippen LogP contribution in [0.1, 0.15) is 38.2 Å². The standard InChI is InChI=1S/C18H28N2O3S/c1-14-8-10-17(11-9-14)24(22,23)20(3)13-12-19-18(21)15(2)16-6-4-5-7-16/h8-11,15-16H,4-7,12-13H2,1-3H3,(H,19,21). The number of nitrogens with one attached hydrogen (secondary N) is 1. The maximum atomic E-state index is 12.5. The van der Waals surface area contributed by atoms with Crippen molar-refractivity contribution in [1.82, 2.24) is 9.62 Å². The van der Waals surface area contributed by atoms with Crippen molar-refractivity contribution in [3.63, 3.8) is 0 Å². The third kappa shape index (κ3) is 4.57. The summed E-state index contributed by atoms with van der Waals surface area (Å²) in [5, 5.41) is 2.88. The van der Waals surface area contributed by atoms with Crippen LogP contribution in [0.15, 0.2) is 29.2 Å². The lowest BCUT2D eigenvalue weighted by molar-refractivity contribution is -0.126. The molecule has 1 saturated carbocycles. The molecule has 0 bridgehead atoms. The lowest BCUT2D eigenvalue weighted by atomic mass is 9.92. The van der Waals surface area contributed by atoms with Gasteiger partial charge in [0.1, 0.15) is 0 Å². The van der Waals surface area contributed by atoms with Crippen LogP contribution >= 0.6 is 0 Å². The van der Waals surface area contributed by atoms with E-state index < -0.39 is 10.0 Å². The molecule has 1 unspecified atom stereocenters. The lowest BCUT2D eigenvalue weighted by Gasteiger charge is -2.20. The highest BCUT2D eigenvalue weighted by Gasteiger charge is 2.27. The zero-order valence-corrected chi connectivity index (χ0v) is 15.6. The van der Waals surface area contributed by atoms with Gasteiger partial charge in [-0.3, -0.25) is 4.79 Å². The number of rotatable bonds is 7. The van der Waals surface area contributed by atoms with Crippen molar-refractivity contribution in [2.24, 2.45) is 11.8 Å². The van der Waals surface area contributed by atoms with Gasteiger partial charge in [0.2, 0.25) is 15.9 Å².